The lowest BCUT2D eigenvalue weighted by Crippen LogP contribution is -2.70. The van der Waals surface area contributed by atoms with Crippen LogP contribution in [-0.4, -0.2) is 52.3 Å². The van der Waals surface area contributed by atoms with E-state index in [1.54, 1.807) is 0 Å². The van der Waals surface area contributed by atoms with E-state index in [0.717, 1.165) is 45.1 Å². The van der Waals surface area contributed by atoms with Crippen LogP contribution in [0.4, 0.5) is 0 Å². The number of hydrogen-bond acceptors (Lipinski definition) is 5. The molecule has 12 atom stereocenters. The minimum Gasteiger partial charge on any atom is -0.481 e. The molecule has 1 saturated heterocycles. The van der Waals surface area contributed by atoms with Crippen molar-refractivity contribution in [2.75, 3.05) is 19.8 Å². The number of nitrogens with zero attached hydrogens (tertiary/aromatic N) is 2. The first kappa shape index (κ1) is 34.2. The van der Waals surface area contributed by atoms with Gasteiger partial charge in [-0.15, -0.1) is 0 Å². The van der Waals surface area contributed by atoms with Crippen LogP contribution in [0, 0.1) is 62.6 Å². The van der Waals surface area contributed by atoms with Crippen LogP contribution in [0.15, 0.2) is 30.1 Å². The molecule has 2 heterocycles. The Kier molecular flexibility index (Phi) is 8.29. The van der Waals surface area contributed by atoms with Crippen molar-refractivity contribution in [2.24, 2.45) is 68.3 Å². The van der Waals surface area contributed by atoms with Gasteiger partial charge in [0, 0.05) is 23.3 Å². The van der Waals surface area contributed by atoms with Crippen LogP contribution < -0.4 is 5.73 Å². The zero-order valence-corrected chi connectivity index (χ0v) is 30.4. The average Bonchev–Trinajstić information content (AvgIpc) is 3.51. The first-order chi connectivity index (χ1) is 21.4. The average molecular weight is 638 g/mol. The van der Waals surface area contributed by atoms with Crippen molar-refractivity contribution < 1.29 is 19.4 Å². The summed E-state index contributed by atoms with van der Waals surface area (Å²) < 4.78 is 16.1. The van der Waals surface area contributed by atoms with Gasteiger partial charge in [-0.3, -0.25) is 9.48 Å². The Morgan fingerprint density at radius 2 is 1.85 bits per heavy atom. The minimum absolute atomic E-state index is 0.00626. The number of rotatable bonds is 8. The summed E-state index contributed by atoms with van der Waals surface area (Å²) in [6.45, 7) is 24.7. The van der Waals surface area contributed by atoms with Gasteiger partial charge in [-0.05, 0) is 103 Å². The number of allylic oxidation sites excluding steroid dienone is 1. The van der Waals surface area contributed by atoms with E-state index in [1.165, 1.54) is 5.57 Å². The molecule has 5 aliphatic rings. The first-order valence-corrected chi connectivity index (χ1v) is 18.3. The van der Waals surface area contributed by atoms with Gasteiger partial charge in [-0.2, -0.15) is 5.10 Å². The molecule has 0 aromatic carbocycles. The van der Waals surface area contributed by atoms with E-state index in [9.17, 15) is 9.90 Å². The maximum Gasteiger partial charge on any atom is 0.307 e. The second kappa shape index (κ2) is 11.2. The largest absolute Gasteiger partial charge is 0.481 e. The minimum atomic E-state index is -0.616. The maximum absolute atomic E-state index is 13.5. The van der Waals surface area contributed by atoms with Crippen LogP contribution in [0.1, 0.15) is 114 Å². The predicted octanol–water partition coefficient (Wildman–Crippen LogP) is 7.77. The molecule has 6 rings (SSSR count). The highest BCUT2D eigenvalue weighted by Crippen LogP contribution is 2.75. The van der Waals surface area contributed by atoms with Gasteiger partial charge < -0.3 is 20.3 Å². The third kappa shape index (κ3) is 4.60. The number of carboxylic acids is 1. The van der Waals surface area contributed by atoms with Crippen LogP contribution in [0.3, 0.4) is 0 Å². The number of aromatic nitrogens is 2. The van der Waals surface area contributed by atoms with Gasteiger partial charge in [0.1, 0.15) is 0 Å². The number of hydrogen-bond donors (Lipinski definition) is 2. The highest BCUT2D eigenvalue weighted by atomic mass is 16.5. The number of fused-ring (bicyclic) bond motifs is 3. The standard InChI is InChI=1S/C39H63N3O4/c1-24(2)26(5)35(7)16-17-36(8)27-12-13-30-34(6)20-29(42-19-11-18-41-42)32(46-22-38(10,40)25(3)4)39(30,23-45-21-34)28(27)14-15-37(36,9)31(35)33(43)44/h11,14,18-19,24-27,29-32H,12-13,15-17,20-23,40H2,1-10H3,(H,43,44)/t26-,27+,29-,30-,31-,32+,34-,35-,36-,37+,38+,39+/m1/s1. The fraction of sp³-hybridized carbons (Fsp3) is 0.846. The predicted molar refractivity (Wildman–Crippen MR) is 182 cm³/mol. The van der Waals surface area contributed by atoms with Crippen molar-refractivity contribution >= 4 is 5.97 Å². The molecule has 46 heavy (non-hydrogen) atoms. The lowest BCUT2D eigenvalue weighted by molar-refractivity contribution is -0.254. The van der Waals surface area contributed by atoms with Crippen molar-refractivity contribution in [2.45, 2.75) is 125 Å². The van der Waals surface area contributed by atoms with E-state index in [2.05, 4.69) is 86.2 Å². The van der Waals surface area contributed by atoms with Gasteiger partial charge in [0.15, 0.2) is 0 Å². The molecule has 258 valence electrons. The summed E-state index contributed by atoms with van der Waals surface area (Å²) in [5.74, 6) is 0.704. The Labute approximate surface area is 278 Å². The molecule has 1 aromatic rings. The van der Waals surface area contributed by atoms with E-state index in [0.29, 0.717) is 31.0 Å². The Morgan fingerprint density at radius 1 is 1.13 bits per heavy atom. The van der Waals surface area contributed by atoms with Crippen molar-refractivity contribution in [3.63, 3.8) is 0 Å². The smallest absolute Gasteiger partial charge is 0.307 e. The summed E-state index contributed by atoms with van der Waals surface area (Å²) in [5.41, 5.74) is 6.83. The van der Waals surface area contributed by atoms with Crippen LogP contribution in [0.25, 0.3) is 0 Å². The van der Waals surface area contributed by atoms with E-state index in [-0.39, 0.29) is 51.1 Å². The summed E-state index contributed by atoms with van der Waals surface area (Å²) in [5, 5.41) is 15.9. The van der Waals surface area contributed by atoms with Crippen LogP contribution in [0.2, 0.25) is 0 Å². The van der Waals surface area contributed by atoms with E-state index in [1.807, 2.05) is 12.3 Å². The molecule has 2 bridgehead atoms. The summed E-state index contributed by atoms with van der Waals surface area (Å²) in [4.78, 5) is 13.5. The van der Waals surface area contributed by atoms with Crippen LogP contribution in [0.5, 0.6) is 0 Å². The molecule has 3 N–H and O–H groups in total. The van der Waals surface area contributed by atoms with Crippen molar-refractivity contribution in [3.8, 4) is 0 Å². The molecule has 0 spiro atoms. The third-order valence-corrected chi connectivity index (χ3v) is 15.8. The molecule has 7 nitrogen and oxygen atoms in total. The monoisotopic (exact) mass is 637 g/mol. The third-order valence-electron chi connectivity index (χ3n) is 15.8. The molecule has 3 saturated carbocycles. The molecule has 1 aromatic heterocycles. The van der Waals surface area contributed by atoms with E-state index >= 15 is 0 Å². The second-order valence-electron chi connectivity index (χ2n) is 18.5. The molecule has 0 amide bonds. The van der Waals surface area contributed by atoms with Gasteiger partial charge in [-0.25, -0.2) is 0 Å². The zero-order chi connectivity index (χ0) is 33.7. The van der Waals surface area contributed by atoms with E-state index < -0.39 is 17.4 Å². The highest BCUT2D eigenvalue weighted by Gasteiger charge is 2.72. The number of carbonyl (C=O) groups is 1. The van der Waals surface area contributed by atoms with Gasteiger partial charge in [0.25, 0.3) is 0 Å². The number of aliphatic carboxylic acids is 1. The summed E-state index contributed by atoms with van der Waals surface area (Å²) in [6.07, 6.45) is 12.3. The molecule has 1 aliphatic heterocycles. The summed E-state index contributed by atoms with van der Waals surface area (Å²) >= 11 is 0. The first-order valence-electron chi connectivity index (χ1n) is 18.3. The number of ether oxygens (including phenoxy) is 2. The SMILES string of the molecule is CC(C)[C@@H](C)[C@@]1(C)CC[C@]2(C)[C@H]3CC[C@@H]4[C@@]5(C)COC[C@@]4(C3=CC[C@@]2(C)[C@@H]1C(=O)O)[C@@H](OC[C@](C)(N)C(C)C)[C@H](n1cccn1)C5. The number of nitrogens with two attached hydrogens (primary N) is 1. The van der Waals surface area contributed by atoms with Gasteiger partial charge in [0.05, 0.1) is 37.9 Å². The van der Waals surface area contributed by atoms with Crippen molar-refractivity contribution in [1.82, 2.24) is 9.78 Å². The second-order valence-corrected chi connectivity index (χ2v) is 18.5. The Morgan fingerprint density at radius 3 is 2.46 bits per heavy atom. The maximum atomic E-state index is 13.5. The number of carboxylic acid groups (broad SMARTS) is 1. The fourth-order valence-corrected chi connectivity index (χ4v) is 12.0. The molecule has 0 unspecified atom stereocenters. The molecule has 4 aliphatic carbocycles. The Bertz CT molecular complexity index is 1340. The summed E-state index contributed by atoms with van der Waals surface area (Å²) in [6, 6.07) is 2.09. The summed E-state index contributed by atoms with van der Waals surface area (Å²) in [7, 11) is 0. The Hall–Kier alpha value is -1.70. The molecular weight excluding hydrogens is 574 g/mol. The zero-order valence-electron chi connectivity index (χ0n) is 30.4. The van der Waals surface area contributed by atoms with Crippen LogP contribution >= 0.6 is 0 Å². The van der Waals surface area contributed by atoms with Crippen molar-refractivity contribution in [1.29, 1.82) is 0 Å². The lowest BCUT2D eigenvalue weighted by atomic mass is 9.34. The molecular formula is C39H63N3O4. The quantitative estimate of drug-likeness (QED) is 0.283. The van der Waals surface area contributed by atoms with Crippen LogP contribution in [-0.2, 0) is 14.3 Å². The van der Waals surface area contributed by atoms with E-state index in [4.69, 9.17) is 20.3 Å². The van der Waals surface area contributed by atoms with Gasteiger partial charge in [0.2, 0.25) is 0 Å². The topological polar surface area (TPSA) is 99.6 Å². The normalized spacial score (nSPS) is 45.7. The molecule has 4 fully saturated rings. The highest BCUT2D eigenvalue weighted by molar-refractivity contribution is 5.73. The van der Waals surface area contributed by atoms with Gasteiger partial charge in [-0.1, -0.05) is 74.0 Å². The Balaban J connectivity index is 1.51. The fourth-order valence-electron chi connectivity index (χ4n) is 12.0. The molecule has 7 heteroatoms. The lowest BCUT2D eigenvalue weighted by Gasteiger charge is -2.71. The molecule has 0 radical (unpaired) electrons. The van der Waals surface area contributed by atoms with Gasteiger partial charge >= 0.3 is 5.97 Å². The van der Waals surface area contributed by atoms with Crippen molar-refractivity contribution in [3.05, 3.63) is 30.1 Å².